The highest BCUT2D eigenvalue weighted by atomic mass is 15.4. The van der Waals surface area contributed by atoms with E-state index in [-0.39, 0.29) is 0 Å². The van der Waals surface area contributed by atoms with Gasteiger partial charge in [0.25, 0.3) is 0 Å². The quantitative estimate of drug-likeness (QED) is 0.868. The Bertz CT molecular complexity index is 698. The van der Waals surface area contributed by atoms with E-state index in [1.165, 1.54) is 25.7 Å². The molecule has 1 saturated carbocycles. The summed E-state index contributed by atoms with van der Waals surface area (Å²) in [5.41, 5.74) is 7.37. The largest absolute Gasteiger partial charge is 0.359 e. The fourth-order valence-corrected chi connectivity index (χ4v) is 3.87. The van der Waals surface area contributed by atoms with Crippen molar-refractivity contribution in [2.24, 2.45) is 13.0 Å². The van der Waals surface area contributed by atoms with Gasteiger partial charge in [-0.25, -0.2) is 9.97 Å². The second-order valence-electron chi connectivity index (χ2n) is 7.23. The van der Waals surface area contributed by atoms with Gasteiger partial charge in [-0.15, -0.1) is 0 Å². The molecule has 0 unspecified atom stereocenters. The first-order chi connectivity index (χ1) is 11.7. The Morgan fingerprint density at radius 2 is 1.96 bits per heavy atom. The molecule has 24 heavy (non-hydrogen) atoms. The van der Waals surface area contributed by atoms with Gasteiger partial charge in [-0.1, -0.05) is 12.8 Å². The Kier molecular flexibility index (Phi) is 4.37. The molecule has 7 nitrogen and oxygen atoms in total. The lowest BCUT2D eigenvalue weighted by molar-refractivity contribution is 0.555. The van der Waals surface area contributed by atoms with Gasteiger partial charge in [0, 0.05) is 39.6 Å². The molecule has 0 atom stereocenters. The third-order valence-electron chi connectivity index (χ3n) is 5.45. The summed E-state index contributed by atoms with van der Waals surface area (Å²) in [7, 11) is 4.11. The van der Waals surface area contributed by atoms with Gasteiger partial charge in [0.05, 0.1) is 11.6 Å². The number of nitrogens with zero attached hydrogens (tertiary/aromatic N) is 5. The fourth-order valence-electron chi connectivity index (χ4n) is 3.87. The Balaban J connectivity index is 1.61. The second kappa shape index (κ2) is 6.64. The van der Waals surface area contributed by atoms with Gasteiger partial charge in [0.2, 0.25) is 0 Å². The molecule has 0 spiro atoms. The molecule has 7 heteroatoms. The summed E-state index contributed by atoms with van der Waals surface area (Å²) in [4.78, 5) is 12.1. The molecular formula is C17H27N7. The molecule has 2 aromatic heterocycles. The Hall–Kier alpha value is -1.73. The van der Waals surface area contributed by atoms with Crippen molar-refractivity contribution >= 4 is 16.9 Å². The number of nitrogens with one attached hydrogen (secondary N) is 2. The van der Waals surface area contributed by atoms with Crippen LogP contribution in [0.3, 0.4) is 0 Å². The fraction of sp³-hybridized carbons (Fsp3) is 0.706. The van der Waals surface area contributed by atoms with Crippen molar-refractivity contribution in [2.45, 2.75) is 38.0 Å². The van der Waals surface area contributed by atoms with E-state index in [2.05, 4.69) is 27.9 Å². The van der Waals surface area contributed by atoms with Crippen molar-refractivity contribution in [1.29, 1.82) is 0 Å². The third-order valence-corrected chi connectivity index (χ3v) is 5.45. The van der Waals surface area contributed by atoms with E-state index in [0.29, 0.717) is 11.8 Å². The van der Waals surface area contributed by atoms with Crippen LogP contribution in [0.25, 0.3) is 11.0 Å². The van der Waals surface area contributed by atoms with Gasteiger partial charge in [-0.3, -0.25) is 15.5 Å². The summed E-state index contributed by atoms with van der Waals surface area (Å²) in [5, 5.41) is 5.47. The molecule has 1 saturated heterocycles. The van der Waals surface area contributed by atoms with E-state index >= 15 is 0 Å². The molecular weight excluding hydrogens is 302 g/mol. The highest BCUT2D eigenvalue weighted by molar-refractivity contribution is 5.86. The van der Waals surface area contributed by atoms with Crippen molar-refractivity contribution in [3.05, 3.63) is 12.0 Å². The number of aromatic nitrogens is 4. The highest BCUT2D eigenvalue weighted by Gasteiger charge is 2.24. The Labute approximate surface area is 142 Å². The molecule has 0 aromatic carbocycles. The Morgan fingerprint density at radius 3 is 2.71 bits per heavy atom. The minimum Gasteiger partial charge on any atom is -0.359 e. The van der Waals surface area contributed by atoms with E-state index in [4.69, 9.17) is 9.97 Å². The van der Waals surface area contributed by atoms with Gasteiger partial charge in [-0.2, -0.15) is 5.10 Å². The van der Waals surface area contributed by atoms with Gasteiger partial charge >= 0.3 is 0 Å². The normalized spacial score (nSPS) is 19.6. The summed E-state index contributed by atoms with van der Waals surface area (Å²) >= 11 is 0. The van der Waals surface area contributed by atoms with E-state index < -0.39 is 0 Å². The molecule has 0 amide bonds. The molecule has 1 aliphatic carbocycles. The van der Waals surface area contributed by atoms with E-state index in [9.17, 15) is 0 Å². The van der Waals surface area contributed by atoms with Crippen LogP contribution in [0.4, 0.5) is 5.82 Å². The zero-order chi connectivity index (χ0) is 16.5. The zero-order valence-electron chi connectivity index (χ0n) is 14.6. The topological polar surface area (TPSA) is 70.9 Å². The van der Waals surface area contributed by atoms with Gasteiger partial charge in [0.15, 0.2) is 5.65 Å². The smallest absolute Gasteiger partial charge is 0.163 e. The summed E-state index contributed by atoms with van der Waals surface area (Å²) in [6.07, 6.45) is 8.08. The summed E-state index contributed by atoms with van der Waals surface area (Å²) in [5.74, 6) is 3.25. The third kappa shape index (κ3) is 2.98. The van der Waals surface area contributed by atoms with Crippen molar-refractivity contribution in [2.75, 3.05) is 31.6 Å². The molecule has 2 aliphatic rings. The molecule has 2 fully saturated rings. The SMILES string of the molecule is CN(CCC1CNNC1)c1nc(C2CCCC2)nc2c1cnn2C. The predicted octanol–water partition coefficient (Wildman–Crippen LogP) is 1.57. The zero-order valence-corrected chi connectivity index (χ0v) is 14.6. The highest BCUT2D eigenvalue weighted by Crippen LogP contribution is 2.34. The number of hydrazine groups is 1. The minimum absolute atomic E-state index is 0.514. The number of aryl methyl sites for hydroxylation is 1. The van der Waals surface area contributed by atoms with E-state index in [0.717, 1.165) is 48.7 Å². The van der Waals surface area contributed by atoms with Crippen LogP contribution >= 0.6 is 0 Å². The van der Waals surface area contributed by atoms with E-state index in [1.807, 2.05) is 17.9 Å². The standard InChI is InChI=1S/C17H27N7/c1-23(8-7-12-9-18-19-10-12)16-14-11-20-24(2)17(14)22-15(21-16)13-5-3-4-6-13/h11-13,18-19H,3-10H2,1-2H3. The lowest BCUT2D eigenvalue weighted by Crippen LogP contribution is -2.24. The maximum absolute atomic E-state index is 4.97. The van der Waals surface area contributed by atoms with Crippen LogP contribution in [0.15, 0.2) is 6.20 Å². The number of fused-ring (bicyclic) bond motifs is 1. The average Bonchev–Trinajstić information content (AvgIpc) is 3.34. The minimum atomic E-state index is 0.514. The summed E-state index contributed by atoms with van der Waals surface area (Å²) in [6.45, 7) is 3.10. The maximum Gasteiger partial charge on any atom is 0.163 e. The number of anilines is 1. The van der Waals surface area contributed by atoms with Crippen LogP contribution < -0.4 is 15.8 Å². The van der Waals surface area contributed by atoms with Crippen LogP contribution in [-0.2, 0) is 7.05 Å². The van der Waals surface area contributed by atoms with Crippen molar-refractivity contribution < 1.29 is 0 Å². The van der Waals surface area contributed by atoms with Gasteiger partial charge in [-0.05, 0) is 25.2 Å². The van der Waals surface area contributed by atoms with Gasteiger partial charge < -0.3 is 4.90 Å². The van der Waals surface area contributed by atoms with Crippen LogP contribution in [-0.4, -0.2) is 46.4 Å². The summed E-state index contributed by atoms with van der Waals surface area (Å²) in [6, 6.07) is 0. The molecule has 3 heterocycles. The molecule has 2 aromatic rings. The van der Waals surface area contributed by atoms with E-state index in [1.54, 1.807) is 0 Å². The molecule has 1 aliphatic heterocycles. The maximum atomic E-state index is 4.97. The lowest BCUT2D eigenvalue weighted by atomic mass is 10.1. The van der Waals surface area contributed by atoms with Crippen LogP contribution in [0.2, 0.25) is 0 Å². The molecule has 130 valence electrons. The van der Waals surface area contributed by atoms with Gasteiger partial charge in [0.1, 0.15) is 11.6 Å². The number of hydrogen-bond donors (Lipinski definition) is 2. The molecule has 2 N–H and O–H groups in total. The van der Waals surface area contributed by atoms with Crippen LogP contribution in [0.5, 0.6) is 0 Å². The van der Waals surface area contributed by atoms with Crippen LogP contribution in [0.1, 0.15) is 43.8 Å². The second-order valence-corrected chi connectivity index (χ2v) is 7.23. The Morgan fingerprint density at radius 1 is 1.21 bits per heavy atom. The molecule has 0 radical (unpaired) electrons. The first-order valence-corrected chi connectivity index (χ1v) is 9.09. The summed E-state index contributed by atoms with van der Waals surface area (Å²) < 4.78 is 1.87. The molecule has 0 bridgehead atoms. The number of rotatable bonds is 5. The van der Waals surface area contributed by atoms with Crippen molar-refractivity contribution in [1.82, 2.24) is 30.6 Å². The first kappa shape index (κ1) is 15.8. The van der Waals surface area contributed by atoms with Crippen molar-refractivity contribution in [3.63, 3.8) is 0 Å². The molecule has 4 rings (SSSR count). The van der Waals surface area contributed by atoms with Crippen molar-refractivity contribution in [3.8, 4) is 0 Å². The average molecular weight is 329 g/mol. The monoisotopic (exact) mass is 329 g/mol. The first-order valence-electron chi connectivity index (χ1n) is 9.09. The number of hydrogen-bond acceptors (Lipinski definition) is 6. The predicted molar refractivity (Wildman–Crippen MR) is 94.9 cm³/mol. The lowest BCUT2D eigenvalue weighted by Gasteiger charge is -2.22. The van der Waals surface area contributed by atoms with Crippen LogP contribution in [0, 0.1) is 5.92 Å².